The Hall–Kier alpha value is -5.02. The standard InChI is InChI=1S/C40H23BO2/c1-5-11-26-21(8-1)14-29-30(26)19-34-37-31(29)17-24-16-28-25-10-4-2-9-22(25)15-32(28)39-36(24)41(37)38-33(42-39)18-23-13-20-7-3-6-12-27(20)35(23)40(38)43-34/h1-12,16,18-19H,13-15,17H2. The molecule has 0 bridgehead atoms. The van der Waals surface area contributed by atoms with Crippen LogP contribution >= 0.6 is 0 Å². The smallest absolute Gasteiger partial charge is 0.261 e. The number of hydrogen-bond acceptors (Lipinski definition) is 2. The van der Waals surface area contributed by atoms with Gasteiger partial charge in [0.2, 0.25) is 0 Å². The van der Waals surface area contributed by atoms with Crippen molar-refractivity contribution in [2.45, 2.75) is 25.7 Å². The molecule has 3 aliphatic heterocycles. The van der Waals surface area contributed by atoms with Gasteiger partial charge in [0.1, 0.15) is 23.0 Å². The van der Waals surface area contributed by atoms with Crippen molar-refractivity contribution < 1.29 is 9.47 Å². The van der Waals surface area contributed by atoms with E-state index in [9.17, 15) is 0 Å². The first-order chi connectivity index (χ1) is 21.3. The molecule has 12 rings (SSSR count). The second-order valence-corrected chi connectivity index (χ2v) is 13.1. The van der Waals surface area contributed by atoms with Crippen molar-refractivity contribution in [3.8, 4) is 56.4 Å². The van der Waals surface area contributed by atoms with E-state index in [2.05, 4.69) is 91.0 Å². The molecular weight excluding hydrogens is 523 g/mol. The van der Waals surface area contributed by atoms with Crippen LogP contribution < -0.4 is 25.9 Å². The largest absolute Gasteiger partial charge is 0.458 e. The summed E-state index contributed by atoms with van der Waals surface area (Å²) >= 11 is 0. The van der Waals surface area contributed by atoms with Crippen LogP contribution in [0.3, 0.4) is 0 Å². The van der Waals surface area contributed by atoms with Crippen LogP contribution in [-0.2, 0) is 25.7 Å². The Kier molecular flexibility index (Phi) is 3.59. The Labute approximate surface area is 249 Å². The topological polar surface area (TPSA) is 18.5 Å². The third kappa shape index (κ3) is 2.45. The van der Waals surface area contributed by atoms with Crippen LogP contribution in [0.2, 0.25) is 0 Å². The Morgan fingerprint density at radius 1 is 0.419 bits per heavy atom. The van der Waals surface area contributed by atoms with Gasteiger partial charge in [-0.15, -0.1) is 0 Å². The first-order valence-electron chi connectivity index (χ1n) is 15.5. The Bertz CT molecular complexity index is 2360. The number of rotatable bonds is 0. The number of ether oxygens (including phenoxy) is 2. The molecule has 0 radical (unpaired) electrons. The van der Waals surface area contributed by atoms with Crippen molar-refractivity contribution in [2.24, 2.45) is 0 Å². The molecule has 0 aromatic heterocycles. The molecule has 6 aliphatic rings. The molecule has 198 valence electrons. The van der Waals surface area contributed by atoms with Crippen molar-refractivity contribution in [1.29, 1.82) is 0 Å². The maximum atomic E-state index is 7.15. The highest BCUT2D eigenvalue weighted by molar-refractivity contribution is 6.99. The summed E-state index contributed by atoms with van der Waals surface area (Å²) < 4.78 is 14.3. The molecule has 3 aliphatic carbocycles. The fraction of sp³-hybridized carbons (Fsp3) is 0.100. The van der Waals surface area contributed by atoms with Gasteiger partial charge >= 0.3 is 0 Å². The van der Waals surface area contributed by atoms with Crippen LogP contribution in [0.4, 0.5) is 0 Å². The maximum absolute atomic E-state index is 7.15. The van der Waals surface area contributed by atoms with E-state index >= 15 is 0 Å². The molecule has 0 amide bonds. The highest BCUT2D eigenvalue weighted by atomic mass is 16.5. The van der Waals surface area contributed by atoms with E-state index in [0.29, 0.717) is 0 Å². The van der Waals surface area contributed by atoms with Crippen molar-refractivity contribution in [3.63, 3.8) is 0 Å². The lowest BCUT2D eigenvalue weighted by atomic mass is 9.31. The maximum Gasteiger partial charge on any atom is 0.261 e. The summed E-state index contributed by atoms with van der Waals surface area (Å²) in [6, 6.07) is 33.9. The fourth-order valence-electron chi connectivity index (χ4n) is 9.40. The second-order valence-electron chi connectivity index (χ2n) is 13.1. The van der Waals surface area contributed by atoms with Gasteiger partial charge in [0.05, 0.1) is 0 Å². The monoisotopic (exact) mass is 546 g/mol. The minimum absolute atomic E-state index is 0.123. The summed E-state index contributed by atoms with van der Waals surface area (Å²) in [5, 5.41) is 0. The molecule has 3 heteroatoms. The van der Waals surface area contributed by atoms with Gasteiger partial charge in [0.25, 0.3) is 6.71 Å². The molecule has 0 saturated heterocycles. The van der Waals surface area contributed by atoms with Crippen LogP contribution in [0.5, 0.6) is 23.0 Å². The molecule has 0 atom stereocenters. The molecule has 6 aromatic rings. The highest BCUT2D eigenvalue weighted by Gasteiger charge is 2.49. The van der Waals surface area contributed by atoms with E-state index in [1.807, 2.05) is 0 Å². The molecule has 0 fully saturated rings. The SMILES string of the molecule is c1ccc2c(c1)Cc1c-2cc2c3c1Cc1cc4c(c5c1B3c1c(cc3c(c1O2)-c1ccccc1C3)O5)Cc1ccccc1-4. The Morgan fingerprint density at radius 2 is 1.02 bits per heavy atom. The van der Waals surface area contributed by atoms with Crippen molar-refractivity contribution in [1.82, 2.24) is 0 Å². The van der Waals surface area contributed by atoms with Gasteiger partial charge in [0, 0.05) is 23.0 Å². The van der Waals surface area contributed by atoms with E-state index in [0.717, 1.165) is 48.7 Å². The number of benzene rings is 6. The summed E-state index contributed by atoms with van der Waals surface area (Å²) in [5.74, 6) is 4.13. The number of hydrogen-bond donors (Lipinski definition) is 0. The van der Waals surface area contributed by atoms with E-state index in [-0.39, 0.29) is 6.71 Å². The second kappa shape index (κ2) is 7.13. The molecule has 2 nitrogen and oxygen atoms in total. The van der Waals surface area contributed by atoms with Gasteiger partial charge in [-0.25, -0.2) is 0 Å². The minimum atomic E-state index is 0.123. The van der Waals surface area contributed by atoms with Crippen molar-refractivity contribution in [3.05, 3.63) is 136 Å². The summed E-state index contributed by atoms with van der Waals surface area (Å²) in [6.45, 7) is 0.123. The van der Waals surface area contributed by atoms with Gasteiger partial charge in [-0.3, -0.25) is 0 Å². The summed E-state index contributed by atoms with van der Waals surface area (Å²) in [4.78, 5) is 0. The molecule has 3 heterocycles. The van der Waals surface area contributed by atoms with Gasteiger partial charge < -0.3 is 9.47 Å². The zero-order valence-electron chi connectivity index (χ0n) is 23.4. The normalized spacial score (nSPS) is 15.4. The third-order valence-corrected chi connectivity index (χ3v) is 11.1. The molecule has 43 heavy (non-hydrogen) atoms. The van der Waals surface area contributed by atoms with Gasteiger partial charge in [-0.1, -0.05) is 78.9 Å². The molecule has 6 aromatic carbocycles. The molecule has 0 unspecified atom stereocenters. The third-order valence-electron chi connectivity index (χ3n) is 11.1. The van der Waals surface area contributed by atoms with Crippen LogP contribution in [0.15, 0.2) is 91.0 Å². The van der Waals surface area contributed by atoms with Gasteiger partial charge in [0.15, 0.2) is 0 Å². The fourth-order valence-corrected chi connectivity index (χ4v) is 9.40. The van der Waals surface area contributed by atoms with Gasteiger partial charge in [-0.05, 0) is 109 Å². The zero-order valence-corrected chi connectivity index (χ0v) is 23.4. The van der Waals surface area contributed by atoms with Crippen molar-refractivity contribution in [2.75, 3.05) is 0 Å². The predicted molar refractivity (Wildman–Crippen MR) is 172 cm³/mol. The van der Waals surface area contributed by atoms with E-state index in [4.69, 9.17) is 9.47 Å². The van der Waals surface area contributed by atoms with Crippen LogP contribution in [0, 0.1) is 0 Å². The lowest BCUT2D eigenvalue weighted by Gasteiger charge is -2.40. The van der Waals surface area contributed by atoms with E-state index in [1.54, 1.807) is 0 Å². The zero-order chi connectivity index (χ0) is 27.6. The van der Waals surface area contributed by atoms with E-state index in [1.165, 1.54) is 94.3 Å². The highest BCUT2D eigenvalue weighted by Crippen LogP contribution is 2.53. The first kappa shape index (κ1) is 21.7. The summed E-state index contributed by atoms with van der Waals surface area (Å²) in [6.07, 6.45) is 3.74. The Morgan fingerprint density at radius 3 is 1.81 bits per heavy atom. The predicted octanol–water partition coefficient (Wildman–Crippen LogP) is 7.03. The van der Waals surface area contributed by atoms with Crippen LogP contribution in [-0.4, -0.2) is 6.71 Å². The van der Waals surface area contributed by atoms with E-state index < -0.39 is 0 Å². The lowest BCUT2D eigenvalue weighted by Crippen LogP contribution is -2.62. The Balaban J connectivity index is 1.21. The van der Waals surface area contributed by atoms with Crippen LogP contribution in [0.25, 0.3) is 33.4 Å². The molecular formula is C40H23BO2. The molecule has 0 spiro atoms. The van der Waals surface area contributed by atoms with Crippen molar-refractivity contribution >= 4 is 23.1 Å². The van der Waals surface area contributed by atoms with Gasteiger partial charge in [-0.2, -0.15) is 0 Å². The average Bonchev–Trinajstić information content (AvgIpc) is 3.72. The summed E-state index contributed by atoms with van der Waals surface area (Å²) in [5.41, 5.74) is 23.2. The average molecular weight is 546 g/mol. The summed E-state index contributed by atoms with van der Waals surface area (Å²) in [7, 11) is 0. The quantitative estimate of drug-likeness (QED) is 0.190. The molecule has 0 saturated carbocycles. The first-order valence-corrected chi connectivity index (χ1v) is 15.5. The minimum Gasteiger partial charge on any atom is -0.458 e. The van der Waals surface area contributed by atoms with Crippen LogP contribution in [0.1, 0.15) is 44.5 Å². The molecule has 0 N–H and O–H groups in total. The number of fused-ring (bicyclic) bond motifs is 12. The lowest BCUT2D eigenvalue weighted by molar-refractivity contribution is 0.461.